The predicted molar refractivity (Wildman–Crippen MR) is 129 cm³/mol. The van der Waals surface area contributed by atoms with Gasteiger partial charge in [0.1, 0.15) is 0 Å². The number of rotatable bonds is 9. The highest BCUT2D eigenvalue weighted by molar-refractivity contribution is 5.31. The average Bonchev–Trinajstić information content (AvgIpc) is 2.73. The third-order valence-electron chi connectivity index (χ3n) is 5.86. The van der Waals surface area contributed by atoms with Gasteiger partial charge in [-0.1, -0.05) is 84.5 Å². The second-order valence-corrected chi connectivity index (χ2v) is 8.15. The van der Waals surface area contributed by atoms with Gasteiger partial charge in [-0.15, -0.1) is 0 Å². The maximum Gasteiger partial charge on any atom is 0.0517 e. The Morgan fingerprint density at radius 2 is 1.72 bits per heavy atom. The molecule has 0 saturated heterocycles. The predicted octanol–water partition coefficient (Wildman–Crippen LogP) is 6.52. The SMILES string of the molecule is C=C(C)[C@H](NCC1=C(C)CCC=C1)[C@@H](NCc1ccccc1C)c1ccccc1.[HH].[HH]. The lowest BCUT2D eigenvalue weighted by Gasteiger charge is -2.31. The Balaban J connectivity index is 0.00000240. The van der Waals surface area contributed by atoms with E-state index in [1.54, 1.807) is 0 Å². The molecular formula is C27H38N2. The van der Waals surface area contributed by atoms with E-state index in [1.807, 2.05) is 0 Å². The molecule has 3 rings (SSSR count). The second kappa shape index (κ2) is 10.4. The van der Waals surface area contributed by atoms with E-state index in [-0.39, 0.29) is 14.9 Å². The lowest BCUT2D eigenvalue weighted by molar-refractivity contribution is 0.420. The van der Waals surface area contributed by atoms with Gasteiger partial charge in [0.2, 0.25) is 0 Å². The van der Waals surface area contributed by atoms with Crippen LogP contribution in [0, 0.1) is 6.92 Å². The number of hydrogen-bond donors (Lipinski definition) is 2. The standard InChI is InChI=1S/C27H34N2.2H2/c1-20(2)26(28-18-24-16-10-8-12-21(24)3)27(23-14-6-5-7-15-23)29-19-25-17-11-9-13-22(25)4;;/h5-7,9-11,13-17,26-29H,1,8,12,18-19H2,2-4H3;2*1H/t26-,27-;;/m0../s1. The van der Waals surface area contributed by atoms with Crippen LogP contribution in [0.3, 0.4) is 0 Å². The lowest BCUT2D eigenvalue weighted by atomic mass is 9.93. The van der Waals surface area contributed by atoms with E-state index in [0.717, 1.165) is 25.1 Å². The molecular weight excluding hydrogens is 352 g/mol. The largest absolute Gasteiger partial charge is 0.305 e. The van der Waals surface area contributed by atoms with Gasteiger partial charge in [0.25, 0.3) is 0 Å². The Kier molecular flexibility index (Phi) is 7.62. The molecule has 2 atom stereocenters. The molecule has 0 fully saturated rings. The highest BCUT2D eigenvalue weighted by Crippen LogP contribution is 2.24. The Morgan fingerprint density at radius 3 is 2.41 bits per heavy atom. The second-order valence-electron chi connectivity index (χ2n) is 8.15. The molecule has 0 amide bonds. The first-order chi connectivity index (χ1) is 14.1. The van der Waals surface area contributed by atoms with Crippen molar-refractivity contribution in [1.82, 2.24) is 10.6 Å². The van der Waals surface area contributed by atoms with Crippen molar-refractivity contribution < 1.29 is 2.85 Å². The third-order valence-corrected chi connectivity index (χ3v) is 5.86. The molecule has 2 aromatic carbocycles. The molecule has 2 nitrogen and oxygen atoms in total. The molecule has 156 valence electrons. The first kappa shape index (κ1) is 21.3. The van der Waals surface area contributed by atoms with E-state index in [2.05, 4.69) is 105 Å². The van der Waals surface area contributed by atoms with E-state index in [9.17, 15) is 0 Å². The first-order valence-electron chi connectivity index (χ1n) is 10.6. The van der Waals surface area contributed by atoms with Crippen LogP contribution in [0.2, 0.25) is 0 Å². The van der Waals surface area contributed by atoms with Crippen LogP contribution in [0.5, 0.6) is 0 Å². The zero-order chi connectivity index (χ0) is 20.6. The number of aryl methyl sites for hydroxylation is 1. The fraction of sp³-hybridized carbons (Fsp3) is 0.333. The van der Waals surface area contributed by atoms with Crippen molar-refractivity contribution in [3.05, 3.63) is 107 Å². The van der Waals surface area contributed by atoms with Crippen LogP contribution in [0.25, 0.3) is 0 Å². The normalized spacial score (nSPS) is 16.0. The van der Waals surface area contributed by atoms with Gasteiger partial charge in [-0.05, 0) is 55.9 Å². The summed E-state index contributed by atoms with van der Waals surface area (Å²) in [6.45, 7) is 12.6. The van der Waals surface area contributed by atoms with Crippen molar-refractivity contribution in [1.29, 1.82) is 0 Å². The van der Waals surface area contributed by atoms with Crippen molar-refractivity contribution >= 4 is 0 Å². The molecule has 0 saturated carbocycles. The van der Waals surface area contributed by atoms with Crippen LogP contribution in [-0.4, -0.2) is 12.6 Å². The highest BCUT2D eigenvalue weighted by atomic mass is 15.0. The van der Waals surface area contributed by atoms with E-state index in [4.69, 9.17) is 0 Å². The molecule has 1 aliphatic rings. The van der Waals surface area contributed by atoms with Crippen LogP contribution in [0.4, 0.5) is 0 Å². The van der Waals surface area contributed by atoms with Gasteiger partial charge in [0.05, 0.1) is 6.04 Å². The summed E-state index contributed by atoms with van der Waals surface area (Å²) in [7, 11) is 0. The van der Waals surface area contributed by atoms with E-state index >= 15 is 0 Å². The molecule has 2 heteroatoms. The molecule has 0 aliphatic heterocycles. The molecule has 0 spiro atoms. The summed E-state index contributed by atoms with van der Waals surface area (Å²) in [5.41, 5.74) is 7.99. The highest BCUT2D eigenvalue weighted by Gasteiger charge is 2.24. The average molecular weight is 391 g/mol. The summed E-state index contributed by atoms with van der Waals surface area (Å²) < 4.78 is 0. The van der Waals surface area contributed by atoms with Gasteiger partial charge >= 0.3 is 0 Å². The van der Waals surface area contributed by atoms with Gasteiger partial charge in [0.15, 0.2) is 0 Å². The summed E-state index contributed by atoms with van der Waals surface area (Å²) in [5.74, 6) is 0. The summed E-state index contributed by atoms with van der Waals surface area (Å²) in [5, 5.41) is 7.61. The zero-order valence-corrected chi connectivity index (χ0v) is 18.0. The number of nitrogens with one attached hydrogen (secondary N) is 2. The summed E-state index contributed by atoms with van der Waals surface area (Å²) in [4.78, 5) is 0. The topological polar surface area (TPSA) is 24.1 Å². The van der Waals surface area contributed by atoms with Crippen LogP contribution in [0.1, 0.15) is 52.3 Å². The van der Waals surface area contributed by atoms with Crippen LogP contribution in [0.15, 0.2) is 90.0 Å². The summed E-state index contributed by atoms with van der Waals surface area (Å²) in [6.07, 6.45) is 6.88. The van der Waals surface area contributed by atoms with Crippen molar-refractivity contribution in [3.63, 3.8) is 0 Å². The monoisotopic (exact) mass is 390 g/mol. The molecule has 1 aliphatic carbocycles. The molecule has 0 radical (unpaired) electrons. The van der Waals surface area contributed by atoms with Gasteiger partial charge in [0, 0.05) is 22.0 Å². The zero-order valence-electron chi connectivity index (χ0n) is 18.0. The van der Waals surface area contributed by atoms with Crippen molar-refractivity contribution in [3.8, 4) is 0 Å². The number of hydrogen-bond acceptors (Lipinski definition) is 2. The number of allylic oxidation sites excluding steroid dienone is 2. The van der Waals surface area contributed by atoms with Crippen molar-refractivity contribution in [2.75, 3.05) is 6.54 Å². The summed E-state index contributed by atoms with van der Waals surface area (Å²) in [6, 6.07) is 19.6. The fourth-order valence-corrected chi connectivity index (χ4v) is 3.95. The minimum atomic E-state index is 0. The maximum atomic E-state index is 4.32. The van der Waals surface area contributed by atoms with Gasteiger partial charge in [-0.25, -0.2) is 0 Å². The van der Waals surface area contributed by atoms with E-state index in [1.165, 1.54) is 34.3 Å². The fourth-order valence-electron chi connectivity index (χ4n) is 3.95. The van der Waals surface area contributed by atoms with Gasteiger partial charge in [-0.3, -0.25) is 0 Å². The first-order valence-corrected chi connectivity index (χ1v) is 10.6. The molecule has 0 bridgehead atoms. The minimum absolute atomic E-state index is 0. The van der Waals surface area contributed by atoms with E-state index in [0.29, 0.717) is 0 Å². The lowest BCUT2D eigenvalue weighted by Crippen LogP contribution is -2.43. The smallest absolute Gasteiger partial charge is 0.0517 e. The molecule has 0 unspecified atom stereocenters. The van der Waals surface area contributed by atoms with Crippen LogP contribution in [-0.2, 0) is 6.54 Å². The molecule has 29 heavy (non-hydrogen) atoms. The van der Waals surface area contributed by atoms with Crippen molar-refractivity contribution in [2.24, 2.45) is 0 Å². The molecule has 2 N–H and O–H groups in total. The Morgan fingerprint density at radius 1 is 1.00 bits per heavy atom. The number of benzene rings is 2. The van der Waals surface area contributed by atoms with E-state index < -0.39 is 0 Å². The minimum Gasteiger partial charge on any atom is -0.305 e. The van der Waals surface area contributed by atoms with Crippen LogP contribution < -0.4 is 10.6 Å². The Hall–Kier alpha value is -2.42. The van der Waals surface area contributed by atoms with Gasteiger partial charge < -0.3 is 10.6 Å². The Labute approximate surface area is 179 Å². The summed E-state index contributed by atoms with van der Waals surface area (Å²) >= 11 is 0. The van der Waals surface area contributed by atoms with Crippen LogP contribution >= 0.6 is 0 Å². The third kappa shape index (κ3) is 5.79. The Bertz CT molecular complexity index is 887. The van der Waals surface area contributed by atoms with Gasteiger partial charge in [-0.2, -0.15) is 0 Å². The maximum absolute atomic E-state index is 4.32. The quantitative estimate of drug-likeness (QED) is 0.476. The molecule has 0 heterocycles. The molecule has 0 aromatic heterocycles. The molecule has 2 aromatic rings. The van der Waals surface area contributed by atoms with Crippen molar-refractivity contribution in [2.45, 2.75) is 52.2 Å².